The zero-order valence-electron chi connectivity index (χ0n) is 16.8. The summed E-state index contributed by atoms with van der Waals surface area (Å²) in [4.78, 5) is 23.1. The second kappa shape index (κ2) is 8.71. The number of piperidine rings is 1. The van der Waals surface area contributed by atoms with Crippen molar-refractivity contribution in [3.63, 3.8) is 0 Å². The Morgan fingerprint density at radius 2 is 2.00 bits per heavy atom. The number of amides is 1. The Balaban J connectivity index is 1.50. The van der Waals surface area contributed by atoms with E-state index in [0.29, 0.717) is 35.2 Å². The molecule has 8 nitrogen and oxygen atoms in total. The molecule has 1 fully saturated rings. The van der Waals surface area contributed by atoms with Crippen molar-refractivity contribution < 1.29 is 14.3 Å². The van der Waals surface area contributed by atoms with Crippen LogP contribution in [0.4, 0.5) is 0 Å². The van der Waals surface area contributed by atoms with Crippen LogP contribution in [0.5, 0.6) is 11.8 Å². The fraction of sp³-hybridized carbons (Fsp3) is 0.333. The van der Waals surface area contributed by atoms with E-state index in [-0.39, 0.29) is 18.0 Å². The molecular formula is C21H22ClN5O3. The van der Waals surface area contributed by atoms with E-state index < -0.39 is 0 Å². The Labute approximate surface area is 179 Å². The van der Waals surface area contributed by atoms with Crippen molar-refractivity contribution >= 4 is 17.5 Å². The Kier molecular flexibility index (Phi) is 5.85. The van der Waals surface area contributed by atoms with Gasteiger partial charge in [-0.15, -0.1) is 0 Å². The van der Waals surface area contributed by atoms with Gasteiger partial charge in [0.2, 0.25) is 0 Å². The molecule has 0 aliphatic carbocycles. The number of hydrogen-bond acceptors (Lipinski definition) is 6. The second-order valence-corrected chi connectivity index (χ2v) is 7.49. The van der Waals surface area contributed by atoms with E-state index >= 15 is 0 Å². The number of carbonyl (C=O) groups is 1. The van der Waals surface area contributed by atoms with Crippen LogP contribution >= 0.6 is 11.6 Å². The van der Waals surface area contributed by atoms with Crippen LogP contribution in [0.1, 0.15) is 23.3 Å². The van der Waals surface area contributed by atoms with Gasteiger partial charge in [-0.2, -0.15) is 5.10 Å². The largest absolute Gasteiger partial charge is 0.496 e. The van der Waals surface area contributed by atoms with Crippen LogP contribution in [-0.2, 0) is 7.05 Å². The molecule has 2 aromatic heterocycles. The topological polar surface area (TPSA) is 82.4 Å². The number of ether oxygens (including phenoxy) is 2. The van der Waals surface area contributed by atoms with Crippen molar-refractivity contribution in [1.29, 1.82) is 0 Å². The van der Waals surface area contributed by atoms with Gasteiger partial charge in [-0.1, -0.05) is 23.7 Å². The first-order chi connectivity index (χ1) is 14.5. The quantitative estimate of drug-likeness (QED) is 0.621. The number of benzene rings is 1. The van der Waals surface area contributed by atoms with E-state index in [1.54, 1.807) is 29.8 Å². The van der Waals surface area contributed by atoms with Crippen LogP contribution in [0.3, 0.4) is 0 Å². The van der Waals surface area contributed by atoms with Gasteiger partial charge >= 0.3 is 6.01 Å². The van der Waals surface area contributed by atoms with Gasteiger partial charge < -0.3 is 14.4 Å². The number of hydrogen-bond donors (Lipinski definition) is 0. The maximum atomic E-state index is 13.2. The molecule has 1 aliphatic heterocycles. The lowest BCUT2D eigenvalue weighted by atomic mass is 10.1. The van der Waals surface area contributed by atoms with Crippen molar-refractivity contribution in [3.05, 3.63) is 53.4 Å². The summed E-state index contributed by atoms with van der Waals surface area (Å²) in [5, 5.41) is 4.97. The molecular weight excluding hydrogens is 406 g/mol. The second-order valence-electron chi connectivity index (χ2n) is 7.06. The molecule has 1 aliphatic rings. The van der Waals surface area contributed by atoms with E-state index in [1.165, 1.54) is 12.4 Å². The average Bonchev–Trinajstić information content (AvgIpc) is 3.16. The molecule has 0 saturated carbocycles. The van der Waals surface area contributed by atoms with Crippen molar-refractivity contribution in [2.75, 3.05) is 20.2 Å². The monoisotopic (exact) mass is 427 g/mol. The number of rotatable bonds is 5. The number of carbonyl (C=O) groups excluding carboxylic acids is 1. The van der Waals surface area contributed by atoms with Gasteiger partial charge in [0.05, 0.1) is 36.8 Å². The van der Waals surface area contributed by atoms with Crippen molar-refractivity contribution in [1.82, 2.24) is 24.6 Å². The SMILES string of the molecule is COc1ccccc1-c1cc(C(=O)N2CCCC(Oc3ncc(Cl)cn3)C2)n(C)n1. The van der Waals surface area contributed by atoms with E-state index in [9.17, 15) is 4.79 Å². The predicted molar refractivity (Wildman–Crippen MR) is 112 cm³/mol. The van der Waals surface area contributed by atoms with Crippen LogP contribution in [-0.4, -0.2) is 56.9 Å². The molecule has 1 amide bonds. The summed E-state index contributed by atoms with van der Waals surface area (Å²) in [5.74, 6) is 0.625. The fourth-order valence-electron chi connectivity index (χ4n) is 3.55. The Morgan fingerprint density at radius 3 is 2.77 bits per heavy atom. The summed E-state index contributed by atoms with van der Waals surface area (Å²) in [7, 11) is 3.39. The normalized spacial score (nSPS) is 16.4. The Bertz CT molecular complexity index is 1040. The maximum absolute atomic E-state index is 13.2. The van der Waals surface area contributed by atoms with Crippen LogP contribution < -0.4 is 9.47 Å². The summed E-state index contributed by atoms with van der Waals surface area (Å²) in [5.41, 5.74) is 2.05. The number of aromatic nitrogens is 4. The fourth-order valence-corrected chi connectivity index (χ4v) is 3.64. The minimum Gasteiger partial charge on any atom is -0.496 e. The summed E-state index contributed by atoms with van der Waals surface area (Å²) >= 11 is 5.82. The molecule has 1 saturated heterocycles. The highest BCUT2D eigenvalue weighted by Crippen LogP contribution is 2.29. The third-order valence-electron chi connectivity index (χ3n) is 5.02. The molecule has 1 atom stereocenters. The van der Waals surface area contributed by atoms with Gasteiger partial charge in [-0.3, -0.25) is 9.48 Å². The van der Waals surface area contributed by atoms with E-state index in [1.807, 2.05) is 24.3 Å². The summed E-state index contributed by atoms with van der Waals surface area (Å²) < 4.78 is 12.9. The Morgan fingerprint density at radius 1 is 1.23 bits per heavy atom. The lowest BCUT2D eigenvalue weighted by molar-refractivity contribution is 0.0506. The summed E-state index contributed by atoms with van der Waals surface area (Å²) in [6, 6.07) is 9.67. The summed E-state index contributed by atoms with van der Waals surface area (Å²) in [6.45, 7) is 1.12. The predicted octanol–water partition coefficient (Wildman–Crippen LogP) is 3.22. The molecule has 1 aromatic carbocycles. The molecule has 1 unspecified atom stereocenters. The highest BCUT2D eigenvalue weighted by Gasteiger charge is 2.28. The molecule has 3 aromatic rings. The maximum Gasteiger partial charge on any atom is 0.316 e. The van der Waals surface area contributed by atoms with Gasteiger partial charge in [-0.05, 0) is 31.0 Å². The van der Waals surface area contributed by atoms with E-state index in [4.69, 9.17) is 21.1 Å². The van der Waals surface area contributed by atoms with Crippen LogP contribution in [0.2, 0.25) is 5.02 Å². The molecule has 3 heterocycles. The van der Waals surface area contributed by atoms with Gasteiger partial charge in [0.25, 0.3) is 5.91 Å². The zero-order chi connectivity index (χ0) is 21.1. The molecule has 0 radical (unpaired) electrons. The summed E-state index contributed by atoms with van der Waals surface area (Å²) in [6.07, 6.45) is 4.47. The molecule has 30 heavy (non-hydrogen) atoms. The van der Waals surface area contributed by atoms with Crippen molar-refractivity contribution in [2.45, 2.75) is 18.9 Å². The molecule has 156 valence electrons. The number of methoxy groups -OCH3 is 1. The third kappa shape index (κ3) is 4.23. The molecule has 0 bridgehead atoms. The first kappa shape index (κ1) is 20.2. The number of para-hydroxylation sites is 1. The minimum absolute atomic E-state index is 0.0866. The lowest BCUT2D eigenvalue weighted by Crippen LogP contribution is -2.45. The van der Waals surface area contributed by atoms with Crippen molar-refractivity contribution in [2.24, 2.45) is 7.05 Å². The third-order valence-corrected chi connectivity index (χ3v) is 5.21. The minimum atomic E-state index is -0.175. The molecule has 4 rings (SSSR count). The van der Waals surface area contributed by atoms with Crippen LogP contribution in [0.25, 0.3) is 11.3 Å². The zero-order valence-corrected chi connectivity index (χ0v) is 17.5. The molecule has 9 heteroatoms. The molecule has 0 spiro atoms. The van der Waals surface area contributed by atoms with Crippen LogP contribution in [0, 0.1) is 0 Å². The highest BCUT2D eigenvalue weighted by molar-refractivity contribution is 6.30. The van der Waals surface area contributed by atoms with Crippen LogP contribution in [0.15, 0.2) is 42.7 Å². The van der Waals surface area contributed by atoms with Gasteiger partial charge in [-0.25, -0.2) is 9.97 Å². The number of halogens is 1. The number of aryl methyl sites for hydroxylation is 1. The number of nitrogens with zero attached hydrogens (tertiary/aromatic N) is 5. The lowest BCUT2D eigenvalue weighted by Gasteiger charge is -2.32. The average molecular weight is 428 g/mol. The van der Waals surface area contributed by atoms with E-state index in [0.717, 1.165) is 18.4 Å². The standard InChI is InChI=1S/C21H22ClN5O3/c1-26-18(10-17(25-26)16-7-3-4-8-19(16)29-2)20(28)27-9-5-6-15(13-27)30-21-23-11-14(22)12-24-21/h3-4,7-8,10-12,15H,5-6,9,13H2,1-2H3. The van der Waals surface area contributed by atoms with Gasteiger partial charge in [0.1, 0.15) is 17.5 Å². The first-order valence-electron chi connectivity index (χ1n) is 9.66. The van der Waals surface area contributed by atoms with E-state index in [2.05, 4.69) is 15.1 Å². The van der Waals surface area contributed by atoms with Gasteiger partial charge in [0, 0.05) is 19.2 Å². The van der Waals surface area contributed by atoms with Gasteiger partial charge in [0.15, 0.2) is 0 Å². The highest BCUT2D eigenvalue weighted by atomic mass is 35.5. The Hall–Kier alpha value is -3.13. The molecule has 0 N–H and O–H groups in total. The smallest absolute Gasteiger partial charge is 0.316 e. The first-order valence-corrected chi connectivity index (χ1v) is 10.0. The number of likely N-dealkylation sites (tertiary alicyclic amines) is 1. The van der Waals surface area contributed by atoms with Crippen molar-refractivity contribution in [3.8, 4) is 23.0 Å².